The molecular formula is C19H18F3IO4. The third kappa shape index (κ3) is 4.85. The van der Waals surface area contributed by atoms with Crippen molar-refractivity contribution >= 4 is 28.6 Å². The highest BCUT2D eigenvalue weighted by atomic mass is 127. The van der Waals surface area contributed by atoms with E-state index in [2.05, 4.69) is 0 Å². The third-order valence-corrected chi connectivity index (χ3v) is 4.98. The Bertz CT molecular complexity index is 850. The molecule has 0 aromatic heterocycles. The number of carbonyl (C=O) groups is 1. The highest BCUT2D eigenvalue weighted by molar-refractivity contribution is 14.1. The van der Waals surface area contributed by atoms with Gasteiger partial charge in [0.2, 0.25) is 0 Å². The van der Waals surface area contributed by atoms with E-state index in [9.17, 15) is 18.0 Å². The zero-order valence-corrected chi connectivity index (χ0v) is 17.0. The molecule has 0 aliphatic rings. The van der Waals surface area contributed by atoms with Gasteiger partial charge in [0.05, 0.1) is 21.8 Å². The molecule has 0 saturated carbocycles. The van der Waals surface area contributed by atoms with Crippen LogP contribution in [-0.4, -0.2) is 18.2 Å². The first-order chi connectivity index (χ1) is 12.6. The SMILES string of the molecule is CCC(C)c1cc(I)c(Oc2ccc(C(=O)O)cc2C(F)(F)F)c(OC)c1. The number of alkyl halides is 3. The molecule has 0 heterocycles. The van der Waals surface area contributed by atoms with Gasteiger partial charge in [-0.05, 0) is 70.8 Å². The van der Waals surface area contributed by atoms with Gasteiger partial charge in [-0.2, -0.15) is 13.2 Å². The topological polar surface area (TPSA) is 55.8 Å². The highest BCUT2D eigenvalue weighted by Gasteiger charge is 2.36. The summed E-state index contributed by atoms with van der Waals surface area (Å²) in [7, 11) is 1.41. The molecule has 0 spiro atoms. The number of hydrogen-bond acceptors (Lipinski definition) is 3. The molecule has 1 atom stereocenters. The van der Waals surface area contributed by atoms with Crippen molar-refractivity contribution in [3.05, 3.63) is 50.6 Å². The van der Waals surface area contributed by atoms with Gasteiger partial charge in [0.1, 0.15) is 5.75 Å². The molecule has 2 aromatic rings. The molecule has 8 heteroatoms. The van der Waals surface area contributed by atoms with E-state index in [1.54, 1.807) is 6.07 Å². The molecule has 1 N–H and O–H groups in total. The maximum Gasteiger partial charge on any atom is 0.420 e. The van der Waals surface area contributed by atoms with Crippen molar-refractivity contribution in [1.82, 2.24) is 0 Å². The molecule has 0 fully saturated rings. The first kappa shape index (κ1) is 21.3. The lowest BCUT2D eigenvalue weighted by atomic mass is 9.98. The van der Waals surface area contributed by atoms with Crippen LogP contribution in [0.3, 0.4) is 0 Å². The van der Waals surface area contributed by atoms with Gasteiger partial charge in [-0.3, -0.25) is 0 Å². The number of carboxylic acids is 1. The summed E-state index contributed by atoms with van der Waals surface area (Å²) in [6.07, 6.45) is -3.87. The van der Waals surface area contributed by atoms with Gasteiger partial charge in [0.25, 0.3) is 0 Å². The largest absolute Gasteiger partial charge is 0.493 e. The third-order valence-electron chi connectivity index (χ3n) is 4.18. The van der Waals surface area contributed by atoms with E-state index in [0.717, 1.165) is 24.1 Å². The van der Waals surface area contributed by atoms with Crippen LogP contribution in [0.1, 0.15) is 47.7 Å². The van der Waals surface area contributed by atoms with Crippen molar-refractivity contribution in [1.29, 1.82) is 0 Å². The van der Waals surface area contributed by atoms with E-state index in [1.165, 1.54) is 7.11 Å². The molecule has 0 aliphatic carbocycles. The molecule has 0 amide bonds. The summed E-state index contributed by atoms with van der Waals surface area (Å²) in [6.45, 7) is 4.08. The Morgan fingerprint density at radius 1 is 1.22 bits per heavy atom. The van der Waals surface area contributed by atoms with Crippen molar-refractivity contribution in [3.63, 3.8) is 0 Å². The number of ether oxygens (including phenoxy) is 2. The fourth-order valence-corrected chi connectivity index (χ4v) is 3.18. The summed E-state index contributed by atoms with van der Waals surface area (Å²) in [5, 5.41) is 8.96. The van der Waals surface area contributed by atoms with E-state index in [1.807, 2.05) is 42.5 Å². The second kappa shape index (κ2) is 8.37. The molecule has 27 heavy (non-hydrogen) atoms. The quantitative estimate of drug-likeness (QED) is 0.478. The molecule has 0 radical (unpaired) electrons. The number of halogens is 4. The van der Waals surface area contributed by atoms with Gasteiger partial charge in [-0.25, -0.2) is 4.79 Å². The van der Waals surface area contributed by atoms with E-state index in [-0.39, 0.29) is 11.7 Å². The van der Waals surface area contributed by atoms with Crippen LogP contribution in [0.25, 0.3) is 0 Å². The Morgan fingerprint density at radius 2 is 1.89 bits per heavy atom. The zero-order valence-electron chi connectivity index (χ0n) is 14.9. The maximum absolute atomic E-state index is 13.4. The molecule has 0 saturated heterocycles. The van der Waals surface area contributed by atoms with Crippen LogP contribution in [0.5, 0.6) is 17.2 Å². The second-order valence-corrected chi connectivity index (χ2v) is 7.12. The molecule has 146 valence electrons. The number of carboxylic acid groups (broad SMARTS) is 1. The molecule has 0 aliphatic heterocycles. The standard InChI is InChI=1S/C19H18F3IO4/c1-4-10(2)12-8-14(23)17(16(9-12)26-3)27-15-6-5-11(18(24)25)7-13(15)19(20,21)22/h5-10H,4H2,1-3H3,(H,24,25). The van der Waals surface area contributed by atoms with E-state index in [0.29, 0.717) is 15.4 Å². The van der Waals surface area contributed by atoms with Gasteiger partial charge in [0, 0.05) is 0 Å². The first-order valence-corrected chi connectivity index (χ1v) is 9.16. The monoisotopic (exact) mass is 494 g/mol. The van der Waals surface area contributed by atoms with E-state index < -0.39 is 29.0 Å². The van der Waals surface area contributed by atoms with E-state index in [4.69, 9.17) is 14.6 Å². The maximum atomic E-state index is 13.4. The molecule has 0 bridgehead atoms. The summed E-state index contributed by atoms with van der Waals surface area (Å²) in [5.41, 5.74) is -0.641. The molecule has 2 rings (SSSR count). The Morgan fingerprint density at radius 3 is 2.41 bits per heavy atom. The summed E-state index contributed by atoms with van der Waals surface area (Å²) < 4.78 is 51.6. The number of methoxy groups -OCH3 is 1. The Labute approximate surface area is 168 Å². The Kier molecular flexibility index (Phi) is 6.61. The van der Waals surface area contributed by atoms with Crippen molar-refractivity contribution in [3.8, 4) is 17.2 Å². The average molecular weight is 494 g/mol. The fraction of sp³-hybridized carbons (Fsp3) is 0.316. The average Bonchev–Trinajstić information content (AvgIpc) is 2.61. The van der Waals surface area contributed by atoms with Gasteiger partial charge in [-0.1, -0.05) is 13.8 Å². The van der Waals surface area contributed by atoms with Crippen LogP contribution in [0, 0.1) is 3.57 Å². The summed E-state index contributed by atoms with van der Waals surface area (Å²) in [6, 6.07) is 6.21. The summed E-state index contributed by atoms with van der Waals surface area (Å²) in [5.74, 6) is -1.22. The van der Waals surface area contributed by atoms with Crippen molar-refractivity contribution in [2.75, 3.05) is 7.11 Å². The normalized spacial score (nSPS) is 12.6. The Balaban J connectivity index is 2.55. The van der Waals surface area contributed by atoms with E-state index >= 15 is 0 Å². The van der Waals surface area contributed by atoms with Gasteiger partial charge < -0.3 is 14.6 Å². The number of rotatable bonds is 6. The lowest BCUT2D eigenvalue weighted by molar-refractivity contribution is -0.138. The van der Waals surface area contributed by atoms with Gasteiger partial charge in [-0.15, -0.1) is 0 Å². The minimum absolute atomic E-state index is 0.152. The molecule has 1 unspecified atom stereocenters. The lowest BCUT2D eigenvalue weighted by Gasteiger charge is -2.19. The predicted molar refractivity (Wildman–Crippen MR) is 103 cm³/mol. The van der Waals surface area contributed by atoms with Crippen LogP contribution in [0.15, 0.2) is 30.3 Å². The van der Waals surface area contributed by atoms with Crippen LogP contribution in [-0.2, 0) is 6.18 Å². The zero-order chi connectivity index (χ0) is 20.4. The predicted octanol–water partition coefficient (Wildman–Crippen LogP) is 6.32. The van der Waals surface area contributed by atoms with Crippen molar-refractivity contribution in [2.45, 2.75) is 32.4 Å². The smallest absolute Gasteiger partial charge is 0.420 e. The van der Waals surface area contributed by atoms with Crippen molar-refractivity contribution < 1.29 is 32.5 Å². The minimum atomic E-state index is -4.77. The fourth-order valence-electron chi connectivity index (χ4n) is 2.44. The van der Waals surface area contributed by atoms with Crippen LogP contribution < -0.4 is 9.47 Å². The van der Waals surface area contributed by atoms with Crippen LogP contribution in [0.4, 0.5) is 13.2 Å². The number of aromatic carboxylic acids is 1. The number of benzene rings is 2. The summed E-state index contributed by atoms with van der Waals surface area (Å²) in [4.78, 5) is 11.0. The van der Waals surface area contributed by atoms with Gasteiger partial charge in [0.15, 0.2) is 11.5 Å². The van der Waals surface area contributed by atoms with Gasteiger partial charge >= 0.3 is 12.1 Å². The lowest BCUT2D eigenvalue weighted by Crippen LogP contribution is -2.10. The molecular weight excluding hydrogens is 476 g/mol. The van der Waals surface area contributed by atoms with Crippen LogP contribution in [0.2, 0.25) is 0 Å². The molecule has 2 aromatic carbocycles. The Hall–Kier alpha value is -1.97. The van der Waals surface area contributed by atoms with Crippen molar-refractivity contribution in [2.24, 2.45) is 0 Å². The summed E-state index contributed by atoms with van der Waals surface area (Å²) >= 11 is 1.98. The van der Waals surface area contributed by atoms with Crippen LogP contribution >= 0.6 is 22.6 Å². The second-order valence-electron chi connectivity index (χ2n) is 5.96. The highest BCUT2D eigenvalue weighted by Crippen LogP contribution is 2.43. The molecule has 4 nitrogen and oxygen atoms in total. The number of hydrogen-bond donors (Lipinski definition) is 1. The minimum Gasteiger partial charge on any atom is -0.493 e. The first-order valence-electron chi connectivity index (χ1n) is 8.08.